The van der Waals surface area contributed by atoms with Gasteiger partial charge in [0.05, 0.1) is 5.92 Å². The second-order valence-corrected chi connectivity index (χ2v) is 5.84. The fraction of sp³-hybridized carbons (Fsp3) is 0.429. The fourth-order valence-electron chi connectivity index (χ4n) is 2.44. The van der Waals surface area contributed by atoms with Gasteiger partial charge in [-0.1, -0.05) is 15.9 Å². The number of hydrogen-bond donors (Lipinski definition) is 1. The molecule has 0 radical (unpaired) electrons. The average Bonchev–Trinajstić information content (AvgIpc) is 2.79. The van der Waals surface area contributed by atoms with Crippen LogP contribution in [0.1, 0.15) is 13.3 Å². The molecule has 1 aromatic rings. The summed E-state index contributed by atoms with van der Waals surface area (Å²) in [4.78, 5) is 24.5. The number of amides is 1. The van der Waals surface area contributed by atoms with Crippen LogP contribution >= 0.6 is 15.9 Å². The first kappa shape index (κ1) is 15.8. The van der Waals surface area contributed by atoms with Gasteiger partial charge < -0.3 is 14.7 Å². The molecule has 114 valence electrons. The van der Waals surface area contributed by atoms with E-state index in [1.807, 2.05) is 0 Å². The minimum atomic E-state index is -0.905. The van der Waals surface area contributed by atoms with Crippen LogP contribution in [0.15, 0.2) is 22.7 Å². The van der Waals surface area contributed by atoms with Gasteiger partial charge in [0.25, 0.3) is 5.91 Å². The van der Waals surface area contributed by atoms with Gasteiger partial charge in [-0.15, -0.1) is 0 Å². The quantitative estimate of drug-likeness (QED) is 0.895. The van der Waals surface area contributed by atoms with E-state index in [2.05, 4.69) is 15.9 Å². The third-order valence-corrected chi connectivity index (χ3v) is 4.13. The van der Waals surface area contributed by atoms with E-state index in [-0.39, 0.29) is 24.3 Å². The van der Waals surface area contributed by atoms with Gasteiger partial charge in [0.1, 0.15) is 0 Å². The zero-order valence-corrected chi connectivity index (χ0v) is 13.0. The fourth-order valence-corrected chi connectivity index (χ4v) is 2.77. The highest BCUT2D eigenvalue weighted by Crippen LogP contribution is 2.25. The molecule has 0 bridgehead atoms. The molecule has 1 saturated heterocycles. The summed E-state index contributed by atoms with van der Waals surface area (Å²) < 4.78 is 19.3. The van der Waals surface area contributed by atoms with E-state index in [0.29, 0.717) is 17.4 Å². The van der Waals surface area contributed by atoms with Crippen molar-refractivity contribution >= 4 is 27.8 Å². The van der Waals surface area contributed by atoms with Crippen molar-refractivity contribution in [2.75, 3.05) is 13.2 Å². The lowest BCUT2D eigenvalue weighted by atomic mass is 10.0. The predicted molar refractivity (Wildman–Crippen MR) is 76.5 cm³/mol. The molecule has 1 aromatic carbocycles. The number of nitrogens with zero attached hydrogens (tertiary/aromatic N) is 1. The van der Waals surface area contributed by atoms with E-state index in [4.69, 9.17) is 9.84 Å². The Labute approximate surface area is 129 Å². The molecule has 2 atom stereocenters. The first-order valence-corrected chi connectivity index (χ1v) is 7.29. The lowest BCUT2D eigenvalue weighted by molar-refractivity contribution is -0.143. The molecule has 2 rings (SSSR count). The molecule has 1 heterocycles. The molecule has 7 heteroatoms. The van der Waals surface area contributed by atoms with Crippen LogP contribution < -0.4 is 4.74 Å². The number of ether oxygens (including phenoxy) is 1. The number of likely N-dealkylation sites (tertiary alicyclic amines) is 1. The van der Waals surface area contributed by atoms with Gasteiger partial charge in [0.15, 0.2) is 18.2 Å². The molecule has 5 nitrogen and oxygen atoms in total. The summed E-state index contributed by atoms with van der Waals surface area (Å²) in [7, 11) is 0. The number of carboxylic acids is 1. The van der Waals surface area contributed by atoms with Gasteiger partial charge in [0.2, 0.25) is 0 Å². The van der Waals surface area contributed by atoms with Crippen LogP contribution in [0.2, 0.25) is 0 Å². The first-order chi connectivity index (χ1) is 9.90. The van der Waals surface area contributed by atoms with Crippen LogP contribution in [0.25, 0.3) is 0 Å². The van der Waals surface area contributed by atoms with Crippen molar-refractivity contribution in [3.8, 4) is 5.75 Å². The Balaban J connectivity index is 1.95. The van der Waals surface area contributed by atoms with Crippen molar-refractivity contribution in [2.45, 2.75) is 19.4 Å². The van der Waals surface area contributed by atoms with Crippen LogP contribution in [0.4, 0.5) is 4.39 Å². The summed E-state index contributed by atoms with van der Waals surface area (Å²) in [5.41, 5.74) is 0. The van der Waals surface area contributed by atoms with Gasteiger partial charge in [0, 0.05) is 17.1 Å². The number of carbonyl (C=O) groups is 2. The molecule has 2 unspecified atom stereocenters. The van der Waals surface area contributed by atoms with Crippen LogP contribution in [0.5, 0.6) is 5.75 Å². The van der Waals surface area contributed by atoms with Gasteiger partial charge in [-0.05, 0) is 31.5 Å². The van der Waals surface area contributed by atoms with E-state index < -0.39 is 17.7 Å². The molecule has 1 amide bonds. The van der Waals surface area contributed by atoms with Crippen molar-refractivity contribution in [1.82, 2.24) is 4.90 Å². The Morgan fingerprint density at radius 2 is 2.24 bits per heavy atom. The van der Waals surface area contributed by atoms with Gasteiger partial charge in [-0.25, -0.2) is 4.39 Å². The maximum atomic E-state index is 13.6. The zero-order chi connectivity index (χ0) is 15.6. The van der Waals surface area contributed by atoms with Crippen molar-refractivity contribution in [3.05, 3.63) is 28.5 Å². The summed E-state index contributed by atoms with van der Waals surface area (Å²) in [5, 5.41) is 9.03. The highest BCUT2D eigenvalue weighted by molar-refractivity contribution is 9.10. The Hall–Kier alpha value is -1.63. The van der Waals surface area contributed by atoms with Crippen molar-refractivity contribution < 1.29 is 23.8 Å². The van der Waals surface area contributed by atoms with Crippen LogP contribution in [0, 0.1) is 11.7 Å². The summed E-state index contributed by atoms with van der Waals surface area (Å²) in [6.45, 7) is 1.77. The van der Waals surface area contributed by atoms with Crippen molar-refractivity contribution in [2.24, 2.45) is 5.92 Å². The smallest absolute Gasteiger partial charge is 0.308 e. The lowest BCUT2D eigenvalue weighted by Crippen LogP contribution is -2.40. The largest absolute Gasteiger partial charge is 0.481 e. The second-order valence-electron chi connectivity index (χ2n) is 4.92. The minimum absolute atomic E-state index is 0.00631. The van der Waals surface area contributed by atoms with Crippen LogP contribution in [-0.2, 0) is 9.59 Å². The van der Waals surface area contributed by atoms with Crippen LogP contribution in [-0.4, -0.2) is 41.1 Å². The maximum absolute atomic E-state index is 13.6. The summed E-state index contributed by atoms with van der Waals surface area (Å²) in [6, 6.07) is 3.91. The molecule has 1 N–H and O–H groups in total. The minimum Gasteiger partial charge on any atom is -0.481 e. The Morgan fingerprint density at radius 3 is 2.81 bits per heavy atom. The van der Waals surface area contributed by atoms with Crippen LogP contribution in [0.3, 0.4) is 0 Å². The third kappa shape index (κ3) is 3.53. The van der Waals surface area contributed by atoms with E-state index in [1.165, 1.54) is 17.0 Å². The normalized spacial score (nSPS) is 21.4. The molecule has 1 aliphatic heterocycles. The molecular formula is C14H15BrFNO4. The second kappa shape index (κ2) is 6.43. The number of halogens is 2. The Morgan fingerprint density at radius 1 is 1.52 bits per heavy atom. The Kier molecular flexibility index (Phi) is 4.82. The molecule has 1 aliphatic rings. The molecule has 0 aromatic heterocycles. The van der Waals surface area contributed by atoms with Crippen molar-refractivity contribution in [3.63, 3.8) is 0 Å². The van der Waals surface area contributed by atoms with Gasteiger partial charge in [-0.3, -0.25) is 9.59 Å². The molecule has 1 fully saturated rings. The third-order valence-electron chi connectivity index (χ3n) is 3.64. The number of hydrogen-bond acceptors (Lipinski definition) is 3. The molecule has 0 aliphatic carbocycles. The van der Waals surface area contributed by atoms with E-state index in [9.17, 15) is 14.0 Å². The monoisotopic (exact) mass is 359 g/mol. The number of benzene rings is 1. The average molecular weight is 360 g/mol. The number of rotatable bonds is 4. The number of aliphatic carboxylic acids is 1. The number of carboxylic acid groups (broad SMARTS) is 1. The highest BCUT2D eigenvalue weighted by atomic mass is 79.9. The van der Waals surface area contributed by atoms with Crippen molar-refractivity contribution in [1.29, 1.82) is 0 Å². The molecule has 21 heavy (non-hydrogen) atoms. The molecular weight excluding hydrogens is 345 g/mol. The SMILES string of the molecule is CC1C(C(=O)O)CCN1C(=O)COc1ccc(Br)cc1F. The summed E-state index contributed by atoms with van der Waals surface area (Å²) in [5.74, 6) is -2.37. The topological polar surface area (TPSA) is 66.8 Å². The van der Waals surface area contributed by atoms with Gasteiger partial charge in [-0.2, -0.15) is 0 Å². The first-order valence-electron chi connectivity index (χ1n) is 6.50. The Bertz CT molecular complexity index is 566. The maximum Gasteiger partial charge on any atom is 0.308 e. The lowest BCUT2D eigenvalue weighted by Gasteiger charge is -2.23. The van der Waals surface area contributed by atoms with E-state index >= 15 is 0 Å². The van der Waals surface area contributed by atoms with E-state index in [1.54, 1.807) is 13.0 Å². The molecule has 0 spiro atoms. The van der Waals surface area contributed by atoms with E-state index in [0.717, 1.165) is 0 Å². The summed E-state index contributed by atoms with van der Waals surface area (Å²) >= 11 is 3.13. The highest BCUT2D eigenvalue weighted by Gasteiger charge is 2.38. The molecule has 0 saturated carbocycles. The summed E-state index contributed by atoms with van der Waals surface area (Å²) in [6.07, 6.45) is 0.425. The predicted octanol–water partition coefficient (Wildman–Crippen LogP) is 2.29. The zero-order valence-electron chi connectivity index (χ0n) is 11.4. The standard InChI is InChI=1S/C14H15BrFNO4/c1-8-10(14(19)20)4-5-17(8)13(18)7-21-12-3-2-9(15)6-11(12)16/h2-3,6,8,10H,4-5,7H2,1H3,(H,19,20). The number of carbonyl (C=O) groups excluding carboxylic acids is 1. The van der Waals surface area contributed by atoms with Gasteiger partial charge >= 0.3 is 5.97 Å².